The van der Waals surface area contributed by atoms with E-state index in [2.05, 4.69) is 5.32 Å². The minimum Gasteiger partial charge on any atom is -0.334 e. The van der Waals surface area contributed by atoms with Gasteiger partial charge in [-0.2, -0.15) is 5.26 Å². The highest BCUT2D eigenvalue weighted by atomic mass is 35.5. The predicted molar refractivity (Wildman–Crippen MR) is 58.6 cm³/mol. The van der Waals surface area contributed by atoms with Crippen molar-refractivity contribution in [3.8, 4) is 6.07 Å². The van der Waals surface area contributed by atoms with E-state index < -0.39 is 17.3 Å². The van der Waals surface area contributed by atoms with E-state index in [0.717, 1.165) is 6.07 Å². The van der Waals surface area contributed by atoms with Crippen molar-refractivity contribution in [2.75, 3.05) is 0 Å². The number of amides is 1. The van der Waals surface area contributed by atoms with Crippen LogP contribution in [0.25, 0.3) is 0 Å². The standard InChI is InChI=1S/C11H10ClFN2O/c1-11(2,6-14)15-10(16)7-4-3-5-8(13)9(7)12/h3-5H,1-2H3,(H,15,16). The van der Waals surface area contributed by atoms with E-state index in [0.29, 0.717) is 0 Å². The van der Waals surface area contributed by atoms with Crippen molar-refractivity contribution in [2.24, 2.45) is 0 Å². The van der Waals surface area contributed by atoms with Gasteiger partial charge in [0.15, 0.2) is 0 Å². The van der Waals surface area contributed by atoms with Gasteiger partial charge in [0, 0.05) is 0 Å². The van der Waals surface area contributed by atoms with Crippen molar-refractivity contribution >= 4 is 17.5 Å². The number of carbonyl (C=O) groups excluding carboxylic acids is 1. The molecule has 0 atom stereocenters. The van der Waals surface area contributed by atoms with Gasteiger partial charge in [0.2, 0.25) is 0 Å². The number of benzene rings is 1. The summed E-state index contributed by atoms with van der Waals surface area (Å²) in [5, 5.41) is 10.9. The molecule has 1 N–H and O–H groups in total. The number of rotatable bonds is 2. The number of nitrogens with one attached hydrogen (secondary N) is 1. The monoisotopic (exact) mass is 240 g/mol. The molecule has 0 saturated heterocycles. The van der Waals surface area contributed by atoms with Gasteiger partial charge >= 0.3 is 0 Å². The predicted octanol–water partition coefficient (Wildman–Crippen LogP) is 2.51. The Morgan fingerprint density at radius 1 is 1.56 bits per heavy atom. The van der Waals surface area contributed by atoms with Crippen molar-refractivity contribution in [3.05, 3.63) is 34.6 Å². The average molecular weight is 241 g/mol. The second-order valence-corrected chi connectivity index (χ2v) is 4.17. The molecule has 5 heteroatoms. The number of nitriles is 1. The molecule has 0 spiro atoms. The molecule has 0 aliphatic carbocycles. The SMILES string of the molecule is CC(C)(C#N)NC(=O)c1cccc(F)c1Cl. The van der Waals surface area contributed by atoms with Gasteiger partial charge in [-0.05, 0) is 26.0 Å². The molecule has 0 saturated carbocycles. The zero-order valence-electron chi connectivity index (χ0n) is 8.84. The van der Waals surface area contributed by atoms with E-state index in [9.17, 15) is 9.18 Å². The van der Waals surface area contributed by atoms with Crippen molar-refractivity contribution in [2.45, 2.75) is 19.4 Å². The summed E-state index contributed by atoms with van der Waals surface area (Å²) in [5.41, 5.74) is -1.00. The summed E-state index contributed by atoms with van der Waals surface area (Å²) in [7, 11) is 0. The third kappa shape index (κ3) is 2.71. The van der Waals surface area contributed by atoms with Gasteiger partial charge in [-0.1, -0.05) is 17.7 Å². The molecule has 0 radical (unpaired) electrons. The maximum absolute atomic E-state index is 13.1. The fourth-order valence-corrected chi connectivity index (χ4v) is 1.27. The molecule has 0 aliphatic heterocycles. The Bertz CT molecular complexity index is 466. The Kier molecular flexibility index (Phi) is 3.51. The number of carbonyl (C=O) groups is 1. The zero-order chi connectivity index (χ0) is 12.3. The lowest BCUT2D eigenvalue weighted by molar-refractivity contribution is 0.0929. The van der Waals surface area contributed by atoms with Crippen LogP contribution in [0.15, 0.2) is 18.2 Å². The Labute approximate surface area is 97.8 Å². The van der Waals surface area contributed by atoms with Crippen LogP contribution in [0.2, 0.25) is 5.02 Å². The first kappa shape index (κ1) is 12.5. The molecule has 1 aromatic carbocycles. The molecule has 0 fully saturated rings. The molecule has 1 aromatic rings. The lowest BCUT2D eigenvalue weighted by Crippen LogP contribution is -2.42. The van der Waals surface area contributed by atoms with Gasteiger partial charge in [0.05, 0.1) is 16.7 Å². The minimum absolute atomic E-state index is 0.0185. The number of halogens is 2. The highest BCUT2D eigenvalue weighted by Crippen LogP contribution is 2.20. The smallest absolute Gasteiger partial charge is 0.254 e. The Hall–Kier alpha value is -1.60. The summed E-state index contributed by atoms with van der Waals surface area (Å²) < 4.78 is 13.1. The van der Waals surface area contributed by atoms with Crippen LogP contribution >= 0.6 is 11.6 Å². The summed E-state index contributed by atoms with van der Waals surface area (Å²) in [6.07, 6.45) is 0. The van der Waals surface area contributed by atoms with Gasteiger partial charge in [-0.15, -0.1) is 0 Å². The van der Waals surface area contributed by atoms with E-state index in [1.165, 1.54) is 26.0 Å². The maximum Gasteiger partial charge on any atom is 0.254 e. The normalized spacial score (nSPS) is 10.7. The molecule has 3 nitrogen and oxygen atoms in total. The molecule has 0 aliphatic rings. The number of hydrogen-bond acceptors (Lipinski definition) is 2. The average Bonchev–Trinajstić information content (AvgIpc) is 2.21. The molecule has 0 bridgehead atoms. The molecule has 1 rings (SSSR count). The van der Waals surface area contributed by atoms with Gasteiger partial charge in [-0.3, -0.25) is 4.79 Å². The zero-order valence-corrected chi connectivity index (χ0v) is 9.60. The van der Waals surface area contributed by atoms with Crippen LogP contribution < -0.4 is 5.32 Å². The van der Waals surface area contributed by atoms with Crippen LogP contribution in [-0.4, -0.2) is 11.4 Å². The van der Waals surface area contributed by atoms with E-state index in [4.69, 9.17) is 16.9 Å². The first-order valence-corrected chi connectivity index (χ1v) is 4.93. The Balaban J connectivity index is 2.99. The minimum atomic E-state index is -1.02. The second kappa shape index (κ2) is 4.50. The Morgan fingerprint density at radius 3 is 2.75 bits per heavy atom. The van der Waals surface area contributed by atoms with E-state index in [1.807, 2.05) is 6.07 Å². The van der Waals surface area contributed by atoms with Crippen LogP contribution in [0, 0.1) is 17.1 Å². The Morgan fingerprint density at radius 2 is 2.19 bits per heavy atom. The molecule has 1 amide bonds. The third-order valence-corrected chi connectivity index (χ3v) is 2.29. The lowest BCUT2D eigenvalue weighted by Gasteiger charge is -2.17. The summed E-state index contributed by atoms with van der Waals surface area (Å²) in [6.45, 7) is 3.08. The van der Waals surface area contributed by atoms with Crippen LogP contribution in [0.4, 0.5) is 4.39 Å². The highest BCUT2D eigenvalue weighted by Gasteiger charge is 2.22. The quantitative estimate of drug-likeness (QED) is 0.864. The van der Waals surface area contributed by atoms with Crippen molar-refractivity contribution in [1.29, 1.82) is 5.26 Å². The van der Waals surface area contributed by atoms with Crippen molar-refractivity contribution in [1.82, 2.24) is 5.32 Å². The van der Waals surface area contributed by atoms with E-state index >= 15 is 0 Å². The fraction of sp³-hybridized carbons (Fsp3) is 0.273. The van der Waals surface area contributed by atoms with Crippen molar-refractivity contribution in [3.63, 3.8) is 0 Å². The third-order valence-electron chi connectivity index (χ3n) is 1.90. The summed E-state index contributed by atoms with van der Waals surface area (Å²) in [6, 6.07) is 5.85. The second-order valence-electron chi connectivity index (χ2n) is 3.79. The lowest BCUT2D eigenvalue weighted by atomic mass is 10.1. The molecule has 84 valence electrons. The first-order chi connectivity index (χ1) is 7.37. The fourth-order valence-electron chi connectivity index (χ4n) is 1.06. The highest BCUT2D eigenvalue weighted by molar-refractivity contribution is 6.34. The summed E-state index contributed by atoms with van der Waals surface area (Å²) in [4.78, 5) is 11.7. The molecular formula is C11H10ClFN2O. The molecule has 0 heterocycles. The van der Waals surface area contributed by atoms with Crippen molar-refractivity contribution < 1.29 is 9.18 Å². The van der Waals surface area contributed by atoms with Gasteiger partial charge in [0.25, 0.3) is 5.91 Å². The molecule has 0 aromatic heterocycles. The number of nitrogens with zero attached hydrogens (tertiary/aromatic N) is 1. The van der Waals surface area contributed by atoms with E-state index in [1.54, 1.807) is 0 Å². The van der Waals surface area contributed by atoms with Gasteiger partial charge < -0.3 is 5.32 Å². The van der Waals surface area contributed by atoms with E-state index in [-0.39, 0.29) is 10.6 Å². The molecule has 16 heavy (non-hydrogen) atoms. The molecular weight excluding hydrogens is 231 g/mol. The van der Waals surface area contributed by atoms with Crippen LogP contribution in [0.3, 0.4) is 0 Å². The van der Waals surface area contributed by atoms with Crippen LogP contribution in [0.5, 0.6) is 0 Å². The maximum atomic E-state index is 13.1. The summed E-state index contributed by atoms with van der Waals surface area (Å²) >= 11 is 5.64. The largest absolute Gasteiger partial charge is 0.334 e. The van der Waals surface area contributed by atoms with Gasteiger partial charge in [0.1, 0.15) is 11.4 Å². The van der Waals surface area contributed by atoms with Crippen LogP contribution in [0.1, 0.15) is 24.2 Å². The number of hydrogen-bond donors (Lipinski definition) is 1. The van der Waals surface area contributed by atoms with Gasteiger partial charge in [-0.25, -0.2) is 4.39 Å². The first-order valence-electron chi connectivity index (χ1n) is 4.55. The topological polar surface area (TPSA) is 52.9 Å². The molecule has 0 unspecified atom stereocenters. The summed E-state index contributed by atoms with van der Waals surface area (Å²) in [5.74, 6) is -1.24. The van der Waals surface area contributed by atoms with Crippen LogP contribution in [-0.2, 0) is 0 Å².